The Kier molecular flexibility index (Phi) is 3.91. The molecule has 24 heavy (non-hydrogen) atoms. The molecule has 2 aromatic carbocycles. The minimum atomic E-state index is -0.315. The van der Waals surface area contributed by atoms with Gasteiger partial charge in [-0.2, -0.15) is 0 Å². The summed E-state index contributed by atoms with van der Waals surface area (Å²) in [5.74, 6) is -0.179. The van der Waals surface area contributed by atoms with Crippen LogP contribution in [0.4, 0.5) is 11.4 Å². The molecule has 3 aromatic rings. The van der Waals surface area contributed by atoms with Crippen molar-refractivity contribution in [2.45, 2.75) is 6.92 Å². The fourth-order valence-electron chi connectivity index (χ4n) is 2.37. The fourth-order valence-corrected chi connectivity index (χ4v) is 2.37. The van der Waals surface area contributed by atoms with E-state index in [-0.39, 0.29) is 28.4 Å². The van der Waals surface area contributed by atoms with E-state index in [9.17, 15) is 15.0 Å². The molecule has 0 unspecified atom stereocenters. The molecule has 0 spiro atoms. The number of aromatic hydroxyl groups is 2. The molecular formula is C17H16N4O3. The number of hydrogen-bond donors (Lipinski definition) is 2. The molecule has 0 bridgehead atoms. The van der Waals surface area contributed by atoms with E-state index < -0.39 is 0 Å². The number of para-hydroxylation sites is 1. The summed E-state index contributed by atoms with van der Waals surface area (Å²) in [6.07, 6.45) is 0. The van der Waals surface area contributed by atoms with Gasteiger partial charge < -0.3 is 10.2 Å². The Hall–Kier alpha value is -3.35. The van der Waals surface area contributed by atoms with E-state index in [1.54, 1.807) is 18.7 Å². The van der Waals surface area contributed by atoms with E-state index in [0.29, 0.717) is 5.69 Å². The van der Waals surface area contributed by atoms with Gasteiger partial charge in [-0.15, -0.1) is 10.2 Å². The standard InChI is InChI=1S/C17H16N4O3/c1-11-16(19-18-14-10-13(22)8-9-15(14)23)17(24)21(20(11)2)12-6-4-3-5-7-12/h3-10,22-23H,1-2H3. The second-order valence-corrected chi connectivity index (χ2v) is 5.28. The van der Waals surface area contributed by atoms with Crippen LogP contribution in [0.1, 0.15) is 5.69 Å². The zero-order valence-electron chi connectivity index (χ0n) is 13.2. The number of aromatic nitrogens is 2. The van der Waals surface area contributed by atoms with Crippen LogP contribution in [0, 0.1) is 6.92 Å². The van der Waals surface area contributed by atoms with Gasteiger partial charge in [-0.1, -0.05) is 18.2 Å². The minimum Gasteiger partial charge on any atom is -0.508 e. The number of phenolic OH excluding ortho intramolecular Hbond substituents is 2. The molecule has 0 fully saturated rings. The molecule has 3 rings (SSSR count). The summed E-state index contributed by atoms with van der Waals surface area (Å²) < 4.78 is 3.18. The summed E-state index contributed by atoms with van der Waals surface area (Å²) in [5.41, 5.74) is 1.29. The van der Waals surface area contributed by atoms with Crippen LogP contribution in [0.5, 0.6) is 11.5 Å². The molecule has 0 aliphatic rings. The average Bonchev–Trinajstić information content (AvgIpc) is 2.79. The van der Waals surface area contributed by atoms with Gasteiger partial charge in [0.05, 0.1) is 11.4 Å². The highest BCUT2D eigenvalue weighted by molar-refractivity contribution is 5.54. The van der Waals surface area contributed by atoms with Gasteiger partial charge >= 0.3 is 0 Å². The predicted octanol–water partition coefficient (Wildman–Crippen LogP) is 3.31. The smallest absolute Gasteiger partial charge is 0.299 e. The monoisotopic (exact) mass is 324 g/mol. The Morgan fingerprint density at radius 3 is 2.42 bits per heavy atom. The first-order valence-corrected chi connectivity index (χ1v) is 7.27. The molecule has 0 radical (unpaired) electrons. The van der Waals surface area contributed by atoms with Crippen LogP contribution in [0.15, 0.2) is 63.6 Å². The summed E-state index contributed by atoms with van der Waals surface area (Å²) in [5, 5.41) is 27.1. The Morgan fingerprint density at radius 1 is 1.00 bits per heavy atom. The number of hydrogen-bond acceptors (Lipinski definition) is 5. The van der Waals surface area contributed by atoms with Crippen molar-refractivity contribution in [3.8, 4) is 17.2 Å². The summed E-state index contributed by atoms with van der Waals surface area (Å²) in [6.45, 7) is 1.76. The molecule has 7 heteroatoms. The minimum absolute atomic E-state index is 0.0479. The third-order valence-electron chi connectivity index (χ3n) is 3.74. The quantitative estimate of drug-likeness (QED) is 0.572. The molecule has 0 saturated heterocycles. The zero-order valence-corrected chi connectivity index (χ0v) is 13.2. The van der Waals surface area contributed by atoms with Crippen molar-refractivity contribution in [1.82, 2.24) is 9.36 Å². The van der Waals surface area contributed by atoms with Gasteiger partial charge in [0.25, 0.3) is 5.56 Å². The molecule has 7 nitrogen and oxygen atoms in total. The lowest BCUT2D eigenvalue weighted by atomic mass is 10.3. The number of rotatable bonds is 3. The molecule has 0 amide bonds. The first kappa shape index (κ1) is 15.5. The van der Waals surface area contributed by atoms with Gasteiger partial charge in [0.2, 0.25) is 0 Å². The topological polar surface area (TPSA) is 92.1 Å². The Labute approximate surface area is 137 Å². The van der Waals surface area contributed by atoms with Gasteiger partial charge in [0.15, 0.2) is 5.69 Å². The highest BCUT2D eigenvalue weighted by Crippen LogP contribution is 2.31. The maximum Gasteiger partial charge on any atom is 0.299 e. The predicted molar refractivity (Wildman–Crippen MR) is 89.7 cm³/mol. The number of nitrogens with zero attached hydrogens (tertiary/aromatic N) is 4. The van der Waals surface area contributed by atoms with E-state index in [1.807, 2.05) is 30.3 Å². The lowest BCUT2D eigenvalue weighted by molar-refractivity contribution is 0.461. The van der Waals surface area contributed by atoms with Crippen molar-refractivity contribution < 1.29 is 10.2 Å². The Balaban J connectivity index is 2.09. The molecule has 1 aromatic heterocycles. The van der Waals surface area contributed by atoms with Crippen molar-refractivity contribution >= 4 is 11.4 Å². The number of benzene rings is 2. The molecular weight excluding hydrogens is 308 g/mol. The van der Waals surface area contributed by atoms with Crippen LogP contribution < -0.4 is 5.56 Å². The van der Waals surface area contributed by atoms with Gasteiger partial charge in [-0.05, 0) is 31.2 Å². The first-order chi connectivity index (χ1) is 11.5. The summed E-state index contributed by atoms with van der Waals surface area (Å²) in [7, 11) is 1.76. The second-order valence-electron chi connectivity index (χ2n) is 5.28. The van der Waals surface area contributed by atoms with Gasteiger partial charge in [0, 0.05) is 13.1 Å². The lowest BCUT2D eigenvalue weighted by Crippen LogP contribution is -2.19. The largest absolute Gasteiger partial charge is 0.508 e. The Bertz CT molecular complexity index is 971. The Morgan fingerprint density at radius 2 is 1.71 bits per heavy atom. The van der Waals surface area contributed by atoms with Crippen LogP contribution >= 0.6 is 0 Å². The summed E-state index contributed by atoms with van der Waals surface area (Å²) in [6, 6.07) is 13.1. The van der Waals surface area contributed by atoms with Crippen LogP contribution in [-0.2, 0) is 7.05 Å². The third kappa shape index (κ3) is 2.67. The van der Waals surface area contributed by atoms with Crippen LogP contribution in [0.25, 0.3) is 5.69 Å². The lowest BCUT2D eigenvalue weighted by Gasteiger charge is -2.07. The van der Waals surface area contributed by atoms with E-state index in [4.69, 9.17) is 0 Å². The number of azo groups is 1. The average molecular weight is 324 g/mol. The van der Waals surface area contributed by atoms with Crippen molar-refractivity contribution in [3.05, 3.63) is 64.6 Å². The molecule has 0 saturated carbocycles. The fraction of sp³-hybridized carbons (Fsp3) is 0.118. The van der Waals surface area contributed by atoms with Crippen molar-refractivity contribution in [3.63, 3.8) is 0 Å². The van der Waals surface area contributed by atoms with Gasteiger partial charge in [-0.25, -0.2) is 4.68 Å². The maximum atomic E-state index is 12.7. The maximum absolute atomic E-state index is 12.7. The summed E-state index contributed by atoms with van der Waals surface area (Å²) >= 11 is 0. The van der Waals surface area contributed by atoms with E-state index >= 15 is 0 Å². The van der Waals surface area contributed by atoms with Gasteiger partial charge in [0.1, 0.15) is 17.2 Å². The number of phenols is 2. The van der Waals surface area contributed by atoms with E-state index in [0.717, 1.165) is 5.69 Å². The SMILES string of the molecule is Cc1c(N=Nc2cc(O)ccc2O)c(=O)n(-c2ccccc2)n1C. The highest BCUT2D eigenvalue weighted by atomic mass is 16.3. The summed E-state index contributed by atoms with van der Waals surface area (Å²) in [4.78, 5) is 12.7. The van der Waals surface area contributed by atoms with Gasteiger partial charge in [-0.3, -0.25) is 9.48 Å². The molecule has 0 aliphatic heterocycles. The van der Waals surface area contributed by atoms with E-state index in [1.165, 1.54) is 22.9 Å². The molecule has 2 N–H and O–H groups in total. The van der Waals surface area contributed by atoms with Crippen molar-refractivity contribution in [1.29, 1.82) is 0 Å². The molecule has 1 heterocycles. The normalized spacial score (nSPS) is 11.2. The van der Waals surface area contributed by atoms with Crippen LogP contribution in [-0.4, -0.2) is 19.6 Å². The van der Waals surface area contributed by atoms with Crippen molar-refractivity contribution in [2.75, 3.05) is 0 Å². The molecule has 0 aliphatic carbocycles. The van der Waals surface area contributed by atoms with Crippen LogP contribution in [0.2, 0.25) is 0 Å². The zero-order chi connectivity index (χ0) is 17.3. The van der Waals surface area contributed by atoms with Crippen LogP contribution in [0.3, 0.4) is 0 Å². The first-order valence-electron chi connectivity index (χ1n) is 7.27. The van der Waals surface area contributed by atoms with Crippen molar-refractivity contribution in [2.24, 2.45) is 17.3 Å². The second kappa shape index (κ2) is 6.04. The third-order valence-corrected chi connectivity index (χ3v) is 3.74. The highest BCUT2D eigenvalue weighted by Gasteiger charge is 2.16. The molecule has 0 atom stereocenters. The molecule has 122 valence electrons. The van der Waals surface area contributed by atoms with E-state index in [2.05, 4.69) is 10.2 Å².